The molecule has 0 saturated carbocycles. The van der Waals surface area contributed by atoms with Gasteiger partial charge in [0.2, 0.25) is 5.91 Å². The lowest BCUT2D eigenvalue weighted by atomic mass is 10.1. The third-order valence-electron chi connectivity index (χ3n) is 3.93. The van der Waals surface area contributed by atoms with Crippen LogP contribution in [0.5, 0.6) is 0 Å². The molecule has 2 aromatic carbocycles. The monoisotopic (exact) mass is 384 g/mol. The van der Waals surface area contributed by atoms with Gasteiger partial charge >= 0.3 is 0 Å². The lowest BCUT2D eigenvalue weighted by Crippen LogP contribution is -2.15. The molecule has 0 aliphatic carbocycles. The summed E-state index contributed by atoms with van der Waals surface area (Å²) in [5.74, 6) is 0.289. The highest BCUT2D eigenvalue weighted by Gasteiger charge is 2.15. The van der Waals surface area contributed by atoms with Crippen molar-refractivity contribution in [2.45, 2.75) is 31.5 Å². The average molecular weight is 384 g/mol. The number of para-hydroxylation sites is 1. The zero-order chi connectivity index (χ0) is 19.1. The number of hydrogen-bond donors (Lipinski definition) is 1. The van der Waals surface area contributed by atoms with Crippen molar-refractivity contribution in [2.75, 3.05) is 11.1 Å². The van der Waals surface area contributed by atoms with Gasteiger partial charge in [0.25, 0.3) is 0 Å². The molecule has 7 heteroatoms. The van der Waals surface area contributed by atoms with Crippen molar-refractivity contribution in [3.63, 3.8) is 0 Å². The quantitative estimate of drug-likeness (QED) is 0.593. The number of amides is 1. The van der Waals surface area contributed by atoms with Crippen LogP contribution in [-0.2, 0) is 17.8 Å². The molecule has 1 amide bonds. The summed E-state index contributed by atoms with van der Waals surface area (Å²) in [5, 5.41) is 11.8. The van der Waals surface area contributed by atoms with E-state index in [9.17, 15) is 9.18 Å². The van der Waals surface area contributed by atoms with Crippen LogP contribution >= 0.6 is 11.8 Å². The number of rotatable bonds is 8. The fraction of sp³-hybridized carbons (Fsp3) is 0.250. The van der Waals surface area contributed by atoms with Crippen molar-refractivity contribution in [1.29, 1.82) is 0 Å². The maximum Gasteiger partial charge on any atom is 0.234 e. The third-order valence-corrected chi connectivity index (χ3v) is 4.89. The van der Waals surface area contributed by atoms with Crippen molar-refractivity contribution in [3.8, 4) is 0 Å². The first-order valence-electron chi connectivity index (χ1n) is 8.80. The van der Waals surface area contributed by atoms with E-state index in [2.05, 4.69) is 34.6 Å². The van der Waals surface area contributed by atoms with Crippen LogP contribution < -0.4 is 5.32 Å². The average Bonchev–Trinajstić information content (AvgIpc) is 3.05. The largest absolute Gasteiger partial charge is 0.323 e. The highest BCUT2D eigenvalue weighted by Crippen LogP contribution is 2.20. The highest BCUT2D eigenvalue weighted by atomic mass is 32.2. The molecule has 0 radical (unpaired) electrons. The van der Waals surface area contributed by atoms with E-state index in [0.29, 0.717) is 11.6 Å². The van der Waals surface area contributed by atoms with Gasteiger partial charge in [0.1, 0.15) is 11.6 Å². The summed E-state index contributed by atoms with van der Waals surface area (Å²) in [6, 6.07) is 16.2. The number of carbonyl (C=O) groups is 1. The van der Waals surface area contributed by atoms with E-state index in [0.717, 1.165) is 24.4 Å². The van der Waals surface area contributed by atoms with Crippen LogP contribution in [0.1, 0.15) is 24.7 Å². The lowest BCUT2D eigenvalue weighted by Gasteiger charge is -2.09. The van der Waals surface area contributed by atoms with E-state index in [-0.39, 0.29) is 17.3 Å². The predicted molar refractivity (Wildman–Crippen MR) is 105 cm³/mol. The van der Waals surface area contributed by atoms with Gasteiger partial charge in [-0.1, -0.05) is 61.2 Å². The van der Waals surface area contributed by atoms with Gasteiger partial charge in [-0.2, -0.15) is 0 Å². The Balaban J connectivity index is 1.65. The van der Waals surface area contributed by atoms with Gasteiger partial charge in [0.15, 0.2) is 5.16 Å². The number of hydrogen-bond acceptors (Lipinski definition) is 4. The zero-order valence-corrected chi connectivity index (χ0v) is 15.9. The third kappa shape index (κ3) is 5.17. The van der Waals surface area contributed by atoms with Crippen LogP contribution in [0.2, 0.25) is 0 Å². The normalized spacial score (nSPS) is 10.7. The number of benzene rings is 2. The van der Waals surface area contributed by atoms with Crippen LogP contribution in [0.4, 0.5) is 10.1 Å². The van der Waals surface area contributed by atoms with Gasteiger partial charge in [-0.15, -0.1) is 10.2 Å². The molecule has 1 aromatic heterocycles. The number of thioether (sulfide) groups is 1. The summed E-state index contributed by atoms with van der Waals surface area (Å²) in [7, 11) is 0. The van der Waals surface area contributed by atoms with Crippen molar-refractivity contribution >= 4 is 23.4 Å². The Kier molecular flexibility index (Phi) is 6.59. The molecule has 0 atom stereocenters. The Bertz CT molecular complexity index is 898. The first-order chi connectivity index (χ1) is 13.2. The molecular formula is C20H21FN4OS. The van der Waals surface area contributed by atoms with Gasteiger partial charge < -0.3 is 9.88 Å². The van der Waals surface area contributed by atoms with E-state index in [1.54, 1.807) is 12.1 Å². The Morgan fingerprint density at radius 3 is 2.59 bits per heavy atom. The Morgan fingerprint density at radius 2 is 1.85 bits per heavy atom. The Labute approximate surface area is 162 Å². The predicted octanol–water partition coefficient (Wildman–Crippen LogP) is 4.15. The Morgan fingerprint density at radius 1 is 1.11 bits per heavy atom. The molecule has 27 heavy (non-hydrogen) atoms. The smallest absolute Gasteiger partial charge is 0.234 e. The molecule has 1 heterocycles. The summed E-state index contributed by atoms with van der Waals surface area (Å²) in [6.07, 6.45) is 1.63. The molecule has 1 N–H and O–H groups in total. The maximum absolute atomic E-state index is 13.6. The van der Waals surface area contributed by atoms with Gasteiger partial charge in [-0.05, 0) is 24.1 Å². The van der Waals surface area contributed by atoms with E-state index in [1.165, 1.54) is 23.9 Å². The molecule has 140 valence electrons. The van der Waals surface area contributed by atoms with Crippen LogP contribution in [-0.4, -0.2) is 26.4 Å². The van der Waals surface area contributed by atoms with Gasteiger partial charge in [0, 0.05) is 13.0 Å². The number of halogens is 1. The molecule has 0 spiro atoms. The van der Waals surface area contributed by atoms with Crippen molar-refractivity contribution < 1.29 is 9.18 Å². The molecule has 0 saturated heterocycles. The minimum absolute atomic E-state index is 0.140. The number of nitrogens with zero attached hydrogens (tertiary/aromatic N) is 3. The number of anilines is 1. The minimum atomic E-state index is -0.449. The second-order valence-corrected chi connectivity index (χ2v) is 6.97. The fourth-order valence-corrected chi connectivity index (χ4v) is 3.45. The molecule has 0 fully saturated rings. The van der Waals surface area contributed by atoms with Crippen LogP contribution in [0.15, 0.2) is 59.8 Å². The van der Waals surface area contributed by atoms with Crippen LogP contribution in [0.3, 0.4) is 0 Å². The highest BCUT2D eigenvalue weighted by molar-refractivity contribution is 7.99. The summed E-state index contributed by atoms with van der Waals surface area (Å²) >= 11 is 1.31. The molecule has 0 unspecified atom stereocenters. The molecule has 3 aromatic rings. The molecule has 5 nitrogen and oxygen atoms in total. The second-order valence-electron chi connectivity index (χ2n) is 6.03. The van der Waals surface area contributed by atoms with E-state index < -0.39 is 5.82 Å². The summed E-state index contributed by atoms with van der Waals surface area (Å²) < 4.78 is 15.7. The van der Waals surface area contributed by atoms with Crippen LogP contribution in [0, 0.1) is 5.82 Å². The summed E-state index contributed by atoms with van der Waals surface area (Å²) in [4.78, 5) is 12.1. The molecule has 0 aliphatic heterocycles. The number of aromatic nitrogens is 3. The zero-order valence-electron chi connectivity index (χ0n) is 15.1. The summed E-state index contributed by atoms with van der Waals surface area (Å²) in [5.41, 5.74) is 1.35. The topological polar surface area (TPSA) is 59.8 Å². The molecule has 3 rings (SSSR count). The number of nitrogens with one attached hydrogen (secondary N) is 1. The SMILES string of the molecule is CCCn1c(Cc2ccccc2)nnc1SCC(=O)Nc1ccccc1F. The maximum atomic E-state index is 13.6. The fourth-order valence-electron chi connectivity index (χ4n) is 2.66. The standard InChI is InChI=1S/C20H21FN4OS/c1-2-12-25-18(13-15-8-4-3-5-9-15)23-24-20(25)27-14-19(26)22-17-11-7-6-10-16(17)21/h3-11H,2,12-14H2,1H3,(H,22,26). The van der Waals surface area contributed by atoms with Crippen molar-refractivity contribution in [2.24, 2.45) is 0 Å². The van der Waals surface area contributed by atoms with E-state index >= 15 is 0 Å². The summed E-state index contributed by atoms with van der Waals surface area (Å²) in [6.45, 7) is 2.87. The lowest BCUT2D eigenvalue weighted by molar-refractivity contribution is -0.113. The molecule has 0 bridgehead atoms. The van der Waals surface area contributed by atoms with Gasteiger partial charge in [0.05, 0.1) is 11.4 Å². The molecular weight excluding hydrogens is 363 g/mol. The minimum Gasteiger partial charge on any atom is -0.323 e. The van der Waals surface area contributed by atoms with Gasteiger partial charge in [-0.3, -0.25) is 4.79 Å². The number of carbonyl (C=O) groups excluding carboxylic acids is 1. The molecule has 0 aliphatic rings. The first kappa shape index (κ1) is 19.1. The second kappa shape index (κ2) is 9.32. The Hall–Kier alpha value is -2.67. The van der Waals surface area contributed by atoms with Crippen molar-refractivity contribution in [3.05, 3.63) is 71.8 Å². The van der Waals surface area contributed by atoms with Gasteiger partial charge in [-0.25, -0.2) is 4.39 Å². The van der Waals surface area contributed by atoms with E-state index in [1.807, 2.05) is 22.8 Å². The first-order valence-corrected chi connectivity index (χ1v) is 9.79. The van der Waals surface area contributed by atoms with E-state index in [4.69, 9.17) is 0 Å². The van der Waals surface area contributed by atoms with Crippen molar-refractivity contribution in [1.82, 2.24) is 14.8 Å². The van der Waals surface area contributed by atoms with Crippen LogP contribution in [0.25, 0.3) is 0 Å².